The number of hydrogen-bond donors (Lipinski definition) is 5. The number of aliphatic hydroxyl groups is 2. The van der Waals surface area contributed by atoms with Crippen LogP contribution in [0.2, 0.25) is 0 Å². The molecule has 1 unspecified atom stereocenters. The number of rotatable bonds is 13. The first-order valence-corrected chi connectivity index (χ1v) is 12.2. The van der Waals surface area contributed by atoms with Gasteiger partial charge in [0.15, 0.2) is 11.5 Å². The molecule has 2 atom stereocenters. The molecule has 37 heavy (non-hydrogen) atoms. The second kappa shape index (κ2) is 13.6. The van der Waals surface area contributed by atoms with Crippen LogP contribution in [0.25, 0.3) is 0 Å². The highest BCUT2D eigenvalue weighted by atomic mass is 16.5. The Balaban J connectivity index is 1.48. The predicted octanol–water partition coefficient (Wildman–Crippen LogP) is 3.01. The van der Waals surface area contributed by atoms with Crippen LogP contribution in [0.3, 0.4) is 0 Å². The van der Waals surface area contributed by atoms with Crippen LogP contribution < -0.4 is 20.1 Å². The summed E-state index contributed by atoms with van der Waals surface area (Å²) in [5, 5.41) is 35.8. The van der Waals surface area contributed by atoms with E-state index in [-0.39, 0.29) is 30.7 Å². The molecule has 1 amide bonds. The summed E-state index contributed by atoms with van der Waals surface area (Å²) >= 11 is 0. The zero-order valence-electron chi connectivity index (χ0n) is 21.5. The molecule has 3 rings (SSSR count). The van der Waals surface area contributed by atoms with Crippen LogP contribution in [0.4, 0.5) is 0 Å². The van der Waals surface area contributed by atoms with Crippen LogP contribution in [0, 0.1) is 0 Å². The molecule has 5 N–H and O–H groups in total. The van der Waals surface area contributed by atoms with Gasteiger partial charge in [-0.2, -0.15) is 0 Å². The summed E-state index contributed by atoms with van der Waals surface area (Å²) in [7, 11) is 3.16. The summed E-state index contributed by atoms with van der Waals surface area (Å²) in [6.07, 6.45) is 0.232. The van der Waals surface area contributed by atoms with Crippen LogP contribution in [0.1, 0.15) is 40.8 Å². The average molecular weight is 509 g/mol. The second-order valence-electron chi connectivity index (χ2n) is 9.04. The van der Waals surface area contributed by atoms with Gasteiger partial charge < -0.3 is 35.4 Å². The third-order valence-electron chi connectivity index (χ3n) is 6.15. The molecule has 3 aromatic rings. The van der Waals surface area contributed by atoms with Crippen molar-refractivity contribution >= 4 is 5.91 Å². The van der Waals surface area contributed by atoms with Gasteiger partial charge in [-0.25, -0.2) is 0 Å². The van der Waals surface area contributed by atoms with Crippen molar-refractivity contribution in [2.24, 2.45) is 0 Å². The third kappa shape index (κ3) is 8.21. The number of hydrogen-bond acceptors (Lipinski definition) is 7. The van der Waals surface area contributed by atoms with Gasteiger partial charge in [0.2, 0.25) is 5.91 Å². The number of methoxy groups -OCH3 is 2. The number of aliphatic hydroxyl groups excluding tert-OH is 2. The molecule has 0 fully saturated rings. The number of aromatic hydroxyl groups is 1. The summed E-state index contributed by atoms with van der Waals surface area (Å²) in [6.45, 7) is 2.46. The van der Waals surface area contributed by atoms with E-state index in [0.29, 0.717) is 35.7 Å². The van der Waals surface area contributed by atoms with E-state index in [1.807, 2.05) is 49.4 Å². The van der Waals surface area contributed by atoms with Gasteiger partial charge >= 0.3 is 0 Å². The van der Waals surface area contributed by atoms with Crippen LogP contribution in [0.5, 0.6) is 17.2 Å². The van der Waals surface area contributed by atoms with Crippen molar-refractivity contribution in [3.63, 3.8) is 0 Å². The molecule has 0 aliphatic carbocycles. The molecule has 0 aliphatic rings. The van der Waals surface area contributed by atoms with E-state index >= 15 is 0 Å². The minimum atomic E-state index is -0.769. The van der Waals surface area contributed by atoms with E-state index in [0.717, 1.165) is 23.1 Å². The first-order valence-electron chi connectivity index (χ1n) is 12.2. The van der Waals surface area contributed by atoms with E-state index in [1.54, 1.807) is 26.4 Å². The molecule has 198 valence electrons. The van der Waals surface area contributed by atoms with Crippen LogP contribution in [-0.2, 0) is 30.8 Å². The van der Waals surface area contributed by atoms with E-state index in [9.17, 15) is 20.1 Å². The molecule has 0 radical (unpaired) electrons. The van der Waals surface area contributed by atoms with E-state index in [2.05, 4.69) is 10.6 Å². The number of benzene rings is 3. The molecule has 0 aromatic heterocycles. The second-order valence-corrected chi connectivity index (χ2v) is 9.04. The maximum Gasteiger partial charge on any atom is 0.224 e. The Hall–Kier alpha value is -3.59. The van der Waals surface area contributed by atoms with Gasteiger partial charge in [0, 0.05) is 24.7 Å². The predicted molar refractivity (Wildman–Crippen MR) is 142 cm³/mol. The monoisotopic (exact) mass is 508 g/mol. The number of ether oxygens (including phenoxy) is 2. The van der Waals surface area contributed by atoms with Gasteiger partial charge in [0.1, 0.15) is 5.75 Å². The maximum absolute atomic E-state index is 12.5. The van der Waals surface area contributed by atoms with Crippen molar-refractivity contribution in [2.45, 2.75) is 45.1 Å². The number of phenols is 1. The smallest absolute Gasteiger partial charge is 0.224 e. The molecule has 8 heteroatoms. The maximum atomic E-state index is 12.5. The fraction of sp³-hybridized carbons (Fsp3) is 0.345. The molecule has 3 aromatic carbocycles. The zero-order chi connectivity index (χ0) is 26.8. The molecule has 0 bridgehead atoms. The molecule has 0 aliphatic heterocycles. The molecular formula is C29H36N2O6. The van der Waals surface area contributed by atoms with Crippen molar-refractivity contribution < 1.29 is 29.6 Å². The van der Waals surface area contributed by atoms with Gasteiger partial charge in [-0.15, -0.1) is 0 Å². The molecular weight excluding hydrogens is 472 g/mol. The lowest BCUT2D eigenvalue weighted by Gasteiger charge is -2.18. The van der Waals surface area contributed by atoms with Crippen molar-refractivity contribution in [1.82, 2.24) is 10.6 Å². The zero-order valence-corrected chi connectivity index (χ0v) is 21.5. The molecule has 0 saturated heterocycles. The molecule has 0 spiro atoms. The fourth-order valence-electron chi connectivity index (χ4n) is 4.10. The Labute approximate surface area is 217 Å². The van der Waals surface area contributed by atoms with Crippen molar-refractivity contribution in [3.8, 4) is 17.2 Å². The molecule has 0 saturated carbocycles. The lowest BCUT2D eigenvalue weighted by Crippen LogP contribution is -2.32. The standard InChI is InChI=1S/C29H36N2O6/c1-19(30-17-26(34)23-8-9-25(33)24(15-23)18-32)11-20-5-4-6-21(12-20)14-29(35)31-16-22-7-10-27(36-2)28(13-22)37-3/h4-10,12-13,15,19,26,30,32-34H,11,14,16-18H2,1-3H3,(H,31,35)/t19?,26-/m0/s1. The topological polar surface area (TPSA) is 120 Å². The first kappa shape index (κ1) is 28.0. The Morgan fingerprint density at radius 3 is 2.43 bits per heavy atom. The Kier molecular flexibility index (Phi) is 10.3. The van der Waals surface area contributed by atoms with Crippen molar-refractivity contribution in [2.75, 3.05) is 20.8 Å². The van der Waals surface area contributed by atoms with Crippen LogP contribution in [-0.4, -0.2) is 48.0 Å². The van der Waals surface area contributed by atoms with Crippen molar-refractivity contribution in [1.29, 1.82) is 0 Å². The first-order chi connectivity index (χ1) is 17.8. The third-order valence-corrected chi connectivity index (χ3v) is 6.15. The summed E-state index contributed by atoms with van der Waals surface area (Å²) in [4.78, 5) is 12.5. The normalized spacial score (nSPS) is 12.6. The quantitative estimate of drug-likeness (QED) is 0.241. The summed E-state index contributed by atoms with van der Waals surface area (Å²) in [5.41, 5.74) is 3.94. The van der Waals surface area contributed by atoms with Gasteiger partial charge in [0.05, 0.1) is 33.4 Å². The summed E-state index contributed by atoms with van der Waals surface area (Å²) < 4.78 is 10.6. The minimum Gasteiger partial charge on any atom is -0.508 e. The minimum absolute atomic E-state index is 0.00861. The van der Waals surface area contributed by atoms with Crippen LogP contribution in [0.15, 0.2) is 60.7 Å². The number of carbonyl (C=O) groups is 1. The van der Waals surface area contributed by atoms with E-state index < -0.39 is 6.10 Å². The lowest BCUT2D eigenvalue weighted by molar-refractivity contribution is -0.120. The van der Waals surface area contributed by atoms with Gasteiger partial charge in [-0.05, 0) is 59.9 Å². The number of amides is 1. The SMILES string of the molecule is COc1ccc(CNC(=O)Cc2cccc(CC(C)NC[C@H](O)c3ccc(O)c(CO)c3)c2)cc1OC. The highest BCUT2D eigenvalue weighted by molar-refractivity contribution is 5.78. The Morgan fingerprint density at radius 1 is 0.946 bits per heavy atom. The lowest BCUT2D eigenvalue weighted by atomic mass is 10.0. The summed E-state index contributed by atoms with van der Waals surface area (Å²) in [5.74, 6) is 1.20. The van der Waals surface area contributed by atoms with Crippen LogP contribution >= 0.6 is 0 Å². The number of nitrogens with one attached hydrogen (secondary N) is 2. The number of carbonyl (C=O) groups excluding carboxylic acids is 1. The van der Waals surface area contributed by atoms with Gasteiger partial charge in [-0.1, -0.05) is 36.4 Å². The Morgan fingerprint density at radius 2 is 1.70 bits per heavy atom. The summed E-state index contributed by atoms with van der Waals surface area (Å²) in [6, 6.07) is 18.3. The molecule has 0 heterocycles. The molecule has 8 nitrogen and oxygen atoms in total. The van der Waals surface area contributed by atoms with E-state index in [4.69, 9.17) is 9.47 Å². The highest BCUT2D eigenvalue weighted by Crippen LogP contribution is 2.27. The highest BCUT2D eigenvalue weighted by Gasteiger charge is 2.13. The van der Waals surface area contributed by atoms with Gasteiger partial charge in [0.25, 0.3) is 0 Å². The van der Waals surface area contributed by atoms with Gasteiger partial charge in [-0.3, -0.25) is 4.79 Å². The fourth-order valence-corrected chi connectivity index (χ4v) is 4.10. The Bertz CT molecular complexity index is 1180. The largest absolute Gasteiger partial charge is 0.508 e. The average Bonchev–Trinajstić information content (AvgIpc) is 2.90. The van der Waals surface area contributed by atoms with E-state index in [1.165, 1.54) is 6.07 Å². The van der Waals surface area contributed by atoms with Crippen molar-refractivity contribution in [3.05, 3.63) is 88.5 Å².